The maximum absolute atomic E-state index is 12.4. The topological polar surface area (TPSA) is 26.8 Å². The molecule has 1 aromatic carbocycles. The summed E-state index contributed by atoms with van der Waals surface area (Å²) in [4.78, 5) is 19.1. The third kappa shape index (κ3) is 5.38. The van der Waals surface area contributed by atoms with Crippen LogP contribution in [0.1, 0.15) is 12.0 Å². The van der Waals surface area contributed by atoms with Crippen LogP contribution in [0, 0.1) is 0 Å². The highest BCUT2D eigenvalue weighted by atomic mass is 79.9. The molecule has 22 heavy (non-hydrogen) atoms. The molecule has 0 N–H and O–H groups in total. The molecule has 0 bridgehead atoms. The number of halogens is 1. The van der Waals surface area contributed by atoms with E-state index in [0.717, 1.165) is 49.3 Å². The molecule has 5 heteroatoms. The molecule has 0 aliphatic carbocycles. The van der Waals surface area contributed by atoms with Crippen molar-refractivity contribution in [1.29, 1.82) is 0 Å². The summed E-state index contributed by atoms with van der Waals surface area (Å²) < 4.78 is 1.02. The number of hydrogen-bond donors (Lipinski definition) is 0. The van der Waals surface area contributed by atoms with E-state index in [1.54, 1.807) is 0 Å². The lowest BCUT2D eigenvalue weighted by Gasteiger charge is -2.35. The maximum atomic E-state index is 12.4. The predicted octanol–water partition coefficient (Wildman–Crippen LogP) is 2.09. The first-order valence-electron chi connectivity index (χ1n) is 7.94. The van der Waals surface area contributed by atoms with Gasteiger partial charge in [-0.3, -0.25) is 9.69 Å². The van der Waals surface area contributed by atoms with Gasteiger partial charge in [-0.1, -0.05) is 34.1 Å². The Kier molecular flexibility index (Phi) is 6.86. The molecule has 1 amide bonds. The zero-order valence-electron chi connectivity index (χ0n) is 13.6. The minimum atomic E-state index is 0.236. The lowest BCUT2D eigenvalue weighted by atomic mass is 10.1. The van der Waals surface area contributed by atoms with Gasteiger partial charge >= 0.3 is 0 Å². The van der Waals surface area contributed by atoms with Gasteiger partial charge in [-0.15, -0.1) is 0 Å². The first kappa shape index (κ1) is 17.4. The smallest absolute Gasteiger partial charge is 0.227 e. The molecule has 122 valence electrons. The molecule has 0 spiro atoms. The fourth-order valence-electron chi connectivity index (χ4n) is 2.75. The first-order chi connectivity index (χ1) is 10.6. The van der Waals surface area contributed by atoms with Gasteiger partial charge in [-0.05, 0) is 45.2 Å². The van der Waals surface area contributed by atoms with E-state index in [-0.39, 0.29) is 5.91 Å². The number of hydrogen-bond acceptors (Lipinski definition) is 3. The van der Waals surface area contributed by atoms with Crippen molar-refractivity contribution in [2.24, 2.45) is 0 Å². The average molecular weight is 368 g/mol. The van der Waals surface area contributed by atoms with E-state index in [9.17, 15) is 4.79 Å². The third-order valence-electron chi connectivity index (χ3n) is 4.10. The second-order valence-electron chi connectivity index (χ2n) is 6.15. The molecule has 0 unspecified atom stereocenters. The Balaban J connectivity index is 1.74. The van der Waals surface area contributed by atoms with Gasteiger partial charge in [0, 0.05) is 30.7 Å². The molecule has 1 fully saturated rings. The SMILES string of the molecule is CN(C)CCCN1CCN(C(=O)Cc2ccccc2Br)CC1. The molecule has 2 rings (SSSR count). The Morgan fingerprint density at radius 2 is 1.86 bits per heavy atom. The van der Waals surface area contributed by atoms with Crippen LogP contribution in [0.4, 0.5) is 0 Å². The monoisotopic (exact) mass is 367 g/mol. The second-order valence-corrected chi connectivity index (χ2v) is 7.00. The Labute approximate surface area is 142 Å². The minimum absolute atomic E-state index is 0.236. The van der Waals surface area contributed by atoms with Gasteiger partial charge in [0.15, 0.2) is 0 Å². The zero-order chi connectivity index (χ0) is 15.9. The molecule has 1 aromatic rings. The number of rotatable bonds is 6. The summed E-state index contributed by atoms with van der Waals surface area (Å²) >= 11 is 3.52. The molecular weight excluding hydrogens is 342 g/mol. The lowest BCUT2D eigenvalue weighted by molar-refractivity contribution is -0.132. The van der Waals surface area contributed by atoms with Crippen LogP contribution in [-0.4, -0.2) is 74.0 Å². The number of nitrogens with zero attached hydrogens (tertiary/aromatic N) is 3. The van der Waals surface area contributed by atoms with Crippen LogP contribution in [-0.2, 0) is 11.2 Å². The van der Waals surface area contributed by atoms with Crippen LogP contribution in [0.2, 0.25) is 0 Å². The number of carbonyl (C=O) groups excluding carboxylic acids is 1. The van der Waals surface area contributed by atoms with Crippen LogP contribution < -0.4 is 0 Å². The van der Waals surface area contributed by atoms with E-state index < -0.39 is 0 Å². The van der Waals surface area contributed by atoms with Crippen molar-refractivity contribution >= 4 is 21.8 Å². The van der Waals surface area contributed by atoms with E-state index in [1.807, 2.05) is 29.2 Å². The minimum Gasteiger partial charge on any atom is -0.340 e. The number of benzene rings is 1. The largest absolute Gasteiger partial charge is 0.340 e. The van der Waals surface area contributed by atoms with E-state index >= 15 is 0 Å². The van der Waals surface area contributed by atoms with Gasteiger partial charge in [-0.25, -0.2) is 0 Å². The van der Waals surface area contributed by atoms with Crippen molar-refractivity contribution in [2.45, 2.75) is 12.8 Å². The van der Waals surface area contributed by atoms with E-state index in [0.29, 0.717) is 6.42 Å². The number of carbonyl (C=O) groups is 1. The molecule has 0 radical (unpaired) electrons. The summed E-state index contributed by atoms with van der Waals surface area (Å²) in [5.74, 6) is 0.236. The zero-order valence-corrected chi connectivity index (χ0v) is 15.2. The Hall–Kier alpha value is -0.910. The van der Waals surface area contributed by atoms with E-state index in [4.69, 9.17) is 0 Å². The molecule has 0 atom stereocenters. The van der Waals surface area contributed by atoms with Crippen molar-refractivity contribution in [3.05, 3.63) is 34.3 Å². The fourth-order valence-corrected chi connectivity index (χ4v) is 3.17. The van der Waals surface area contributed by atoms with Crippen molar-refractivity contribution < 1.29 is 4.79 Å². The summed E-state index contributed by atoms with van der Waals surface area (Å²) in [6, 6.07) is 7.96. The fraction of sp³-hybridized carbons (Fsp3) is 0.588. The summed E-state index contributed by atoms with van der Waals surface area (Å²) in [7, 11) is 4.22. The van der Waals surface area contributed by atoms with Crippen molar-refractivity contribution in [3.8, 4) is 0 Å². The molecule has 1 aliphatic rings. The molecular formula is C17H26BrN3O. The number of amides is 1. The van der Waals surface area contributed by atoms with Crippen LogP contribution in [0.3, 0.4) is 0 Å². The highest BCUT2D eigenvalue weighted by Gasteiger charge is 2.21. The Morgan fingerprint density at radius 3 is 2.50 bits per heavy atom. The average Bonchev–Trinajstić information content (AvgIpc) is 2.50. The first-order valence-corrected chi connectivity index (χ1v) is 8.74. The predicted molar refractivity (Wildman–Crippen MR) is 94.0 cm³/mol. The van der Waals surface area contributed by atoms with E-state index in [1.165, 1.54) is 6.42 Å². The third-order valence-corrected chi connectivity index (χ3v) is 4.88. The van der Waals surface area contributed by atoms with Crippen molar-refractivity contribution in [2.75, 3.05) is 53.4 Å². The van der Waals surface area contributed by atoms with Crippen LogP contribution in [0.25, 0.3) is 0 Å². The summed E-state index contributed by atoms with van der Waals surface area (Å²) in [5, 5.41) is 0. The van der Waals surface area contributed by atoms with Crippen LogP contribution >= 0.6 is 15.9 Å². The summed E-state index contributed by atoms with van der Waals surface area (Å²) in [5.41, 5.74) is 1.07. The molecule has 1 aliphatic heterocycles. The highest BCUT2D eigenvalue weighted by molar-refractivity contribution is 9.10. The maximum Gasteiger partial charge on any atom is 0.227 e. The van der Waals surface area contributed by atoms with Crippen LogP contribution in [0.5, 0.6) is 0 Å². The van der Waals surface area contributed by atoms with Gasteiger partial charge in [0.25, 0.3) is 0 Å². The van der Waals surface area contributed by atoms with E-state index in [2.05, 4.69) is 39.8 Å². The van der Waals surface area contributed by atoms with Crippen LogP contribution in [0.15, 0.2) is 28.7 Å². The van der Waals surface area contributed by atoms with Crippen molar-refractivity contribution in [1.82, 2.24) is 14.7 Å². The van der Waals surface area contributed by atoms with Gasteiger partial charge in [0.05, 0.1) is 6.42 Å². The quantitative estimate of drug-likeness (QED) is 0.770. The molecule has 0 aromatic heterocycles. The molecule has 0 saturated carbocycles. The summed E-state index contributed by atoms with van der Waals surface area (Å²) in [6.45, 7) is 5.95. The molecule has 1 heterocycles. The summed E-state index contributed by atoms with van der Waals surface area (Å²) in [6.07, 6.45) is 1.68. The Morgan fingerprint density at radius 1 is 1.18 bits per heavy atom. The molecule has 1 saturated heterocycles. The lowest BCUT2D eigenvalue weighted by Crippen LogP contribution is -2.49. The van der Waals surface area contributed by atoms with Crippen molar-refractivity contribution in [3.63, 3.8) is 0 Å². The second kappa shape index (κ2) is 8.65. The van der Waals surface area contributed by atoms with Gasteiger partial charge in [0.1, 0.15) is 0 Å². The molecule has 4 nitrogen and oxygen atoms in total. The standard InChI is InChI=1S/C17H26BrN3O/c1-19(2)8-5-9-20-10-12-21(13-11-20)17(22)14-15-6-3-4-7-16(15)18/h3-4,6-7H,5,8-14H2,1-2H3. The Bertz CT molecular complexity index is 485. The van der Waals surface area contributed by atoms with Gasteiger partial charge < -0.3 is 9.80 Å². The van der Waals surface area contributed by atoms with Gasteiger partial charge in [-0.2, -0.15) is 0 Å². The number of piperazine rings is 1. The van der Waals surface area contributed by atoms with Gasteiger partial charge in [0.2, 0.25) is 5.91 Å². The highest BCUT2D eigenvalue weighted by Crippen LogP contribution is 2.17. The normalized spacial score (nSPS) is 16.3.